The number of aromatic nitrogens is 4. The van der Waals surface area contributed by atoms with Gasteiger partial charge in [-0.05, 0) is 29.8 Å². The molecule has 0 atom stereocenters. The Hall–Kier alpha value is -3.74. The molecule has 2 aromatic heterocycles. The summed E-state index contributed by atoms with van der Waals surface area (Å²) >= 11 is 0. The third kappa shape index (κ3) is 2.90. The summed E-state index contributed by atoms with van der Waals surface area (Å²) in [7, 11) is 0. The first-order chi connectivity index (χ1) is 12.2. The molecule has 3 aromatic rings. The molecule has 5 N–H and O–H groups in total. The second kappa shape index (κ2) is 6.04. The largest absolute Gasteiger partial charge is 0.368 e. The van der Waals surface area contributed by atoms with Gasteiger partial charge in [-0.1, -0.05) is 24.3 Å². The summed E-state index contributed by atoms with van der Waals surface area (Å²) < 4.78 is 0. The molecule has 1 aromatic carbocycles. The van der Waals surface area contributed by atoms with Crippen molar-refractivity contribution in [1.82, 2.24) is 19.9 Å². The van der Waals surface area contributed by atoms with Crippen LogP contribution in [0.3, 0.4) is 0 Å². The molecular weight excluding hydrogens is 314 g/mol. The van der Waals surface area contributed by atoms with E-state index in [-0.39, 0.29) is 11.9 Å². The van der Waals surface area contributed by atoms with E-state index in [0.29, 0.717) is 5.82 Å². The van der Waals surface area contributed by atoms with Gasteiger partial charge in [0.05, 0.1) is 5.70 Å². The van der Waals surface area contributed by atoms with Crippen molar-refractivity contribution in [2.75, 3.05) is 11.5 Å². The van der Waals surface area contributed by atoms with Crippen LogP contribution in [0.5, 0.6) is 0 Å². The molecule has 0 radical (unpaired) electrons. The Balaban J connectivity index is 1.77. The summed E-state index contributed by atoms with van der Waals surface area (Å²) in [6.45, 7) is 0. The molecule has 1 aliphatic rings. The Morgan fingerprint density at radius 2 is 1.68 bits per heavy atom. The van der Waals surface area contributed by atoms with Crippen LogP contribution in [0.15, 0.2) is 65.4 Å². The zero-order chi connectivity index (χ0) is 17.2. The minimum Gasteiger partial charge on any atom is -0.368 e. The number of aliphatic imine (C=N–C) groups is 1. The lowest BCUT2D eigenvalue weighted by Gasteiger charge is -2.09. The minimum absolute atomic E-state index is 0.103. The number of rotatable bonds is 3. The molecule has 0 fully saturated rings. The second-order valence-electron chi connectivity index (χ2n) is 5.43. The van der Waals surface area contributed by atoms with E-state index in [9.17, 15) is 0 Å². The minimum atomic E-state index is 0.103. The molecule has 7 heteroatoms. The topological polar surface area (TPSA) is 119 Å². The van der Waals surface area contributed by atoms with E-state index in [1.165, 1.54) is 0 Å². The van der Waals surface area contributed by atoms with Crippen molar-refractivity contribution < 1.29 is 0 Å². The first-order valence-electron chi connectivity index (χ1n) is 7.67. The number of nitrogens with zero attached hydrogens (tertiary/aromatic N) is 4. The fraction of sp³-hybridized carbons (Fsp3) is 0. The van der Waals surface area contributed by atoms with E-state index >= 15 is 0 Å². The highest BCUT2D eigenvalue weighted by atomic mass is 15.1. The van der Waals surface area contributed by atoms with Crippen LogP contribution in [0.25, 0.3) is 17.0 Å². The summed E-state index contributed by atoms with van der Waals surface area (Å²) in [5.41, 5.74) is 16.1. The Labute approximate surface area is 143 Å². The van der Waals surface area contributed by atoms with Crippen LogP contribution in [0.4, 0.5) is 11.9 Å². The Kier molecular flexibility index (Phi) is 3.59. The molecule has 7 nitrogen and oxygen atoms in total. The number of nitrogens with two attached hydrogens (primary N) is 2. The lowest BCUT2D eigenvalue weighted by Crippen LogP contribution is -2.04. The van der Waals surface area contributed by atoms with Crippen molar-refractivity contribution in [1.29, 1.82) is 0 Å². The smallest absolute Gasteiger partial charge is 0.225 e. The van der Waals surface area contributed by atoms with Gasteiger partial charge in [0.1, 0.15) is 0 Å². The molecule has 1 aliphatic heterocycles. The SMILES string of the molecule is Nc1nc(N)nc(-c2ccc(/C(=C3/C=CC=N3)c3ccc[nH]3)cc2)n1. The van der Waals surface area contributed by atoms with E-state index in [2.05, 4.69) is 24.9 Å². The number of aromatic amines is 1. The zero-order valence-corrected chi connectivity index (χ0v) is 13.2. The number of hydrogen-bond donors (Lipinski definition) is 3. The maximum Gasteiger partial charge on any atom is 0.225 e. The van der Waals surface area contributed by atoms with Gasteiger partial charge >= 0.3 is 0 Å². The number of hydrogen-bond acceptors (Lipinski definition) is 6. The predicted molar refractivity (Wildman–Crippen MR) is 98.5 cm³/mol. The molecule has 122 valence electrons. The molecule has 0 saturated heterocycles. The molecule has 25 heavy (non-hydrogen) atoms. The number of H-pyrrole nitrogens is 1. The quantitative estimate of drug-likeness (QED) is 0.682. The van der Waals surface area contributed by atoms with Crippen LogP contribution >= 0.6 is 0 Å². The summed E-state index contributed by atoms with van der Waals surface area (Å²) in [5.74, 6) is 0.654. The van der Waals surface area contributed by atoms with Crippen LogP contribution in [0.1, 0.15) is 11.3 Å². The molecule has 0 aliphatic carbocycles. The van der Waals surface area contributed by atoms with Gasteiger partial charge in [-0.2, -0.15) is 15.0 Å². The van der Waals surface area contributed by atoms with Crippen molar-refractivity contribution in [3.05, 3.63) is 71.7 Å². The standard InChI is InChI=1S/C18H15N7/c19-17-23-16(24-18(20)25-17)12-7-5-11(6-8-12)15(13-3-1-9-21-13)14-4-2-10-22-14/h1-10,21H,(H4,19,20,23,24,25)/b15-14+. The number of benzene rings is 1. The predicted octanol–water partition coefficient (Wildman–Crippen LogP) is 2.43. The maximum absolute atomic E-state index is 5.64. The molecule has 0 amide bonds. The van der Waals surface area contributed by atoms with Gasteiger partial charge in [-0.25, -0.2) is 0 Å². The van der Waals surface area contributed by atoms with Gasteiger partial charge in [0.2, 0.25) is 11.9 Å². The van der Waals surface area contributed by atoms with Gasteiger partial charge in [0.25, 0.3) is 0 Å². The van der Waals surface area contributed by atoms with Gasteiger partial charge in [0.15, 0.2) is 5.82 Å². The van der Waals surface area contributed by atoms with E-state index in [1.807, 2.05) is 54.7 Å². The van der Waals surface area contributed by atoms with E-state index in [4.69, 9.17) is 11.5 Å². The first kappa shape index (κ1) is 14.8. The van der Waals surface area contributed by atoms with Crippen molar-refractivity contribution >= 4 is 23.7 Å². The van der Waals surface area contributed by atoms with Crippen LogP contribution in [0, 0.1) is 0 Å². The second-order valence-corrected chi connectivity index (χ2v) is 5.43. The maximum atomic E-state index is 5.64. The lowest BCUT2D eigenvalue weighted by atomic mass is 9.99. The van der Waals surface area contributed by atoms with Gasteiger partial charge in [-0.3, -0.25) is 4.99 Å². The summed E-state index contributed by atoms with van der Waals surface area (Å²) in [5, 5.41) is 0. The highest BCUT2D eigenvalue weighted by Gasteiger charge is 2.13. The van der Waals surface area contributed by atoms with Crippen LogP contribution in [0.2, 0.25) is 0 Å². The summed E-state index contributed by atoms with van der Waals surface area (Å²) in [6, 6.07) is 11.8. The Morgan fingerprint density at radius 3 is 2.28 bits per heavy atom. The van der Waals surface area contributed by atoms with Crippen molar-refractivity contribution in [3.63, 3.8) is 0 Å². The van der Waals surface area contributed by atoms with Gasteiger partial charge in [-0.15, -0.1) is 0 Å². The van der Waals surface area contributed by atoms with E-state index in [1.54, 1.807) is 6.21 Å². The third-order valence-electron chi connectivity index (χ3n) is 3.78. The molecule has 0 bridgehead atoms. The Bertz CT molecular complexity index is 962. The number of nitrogens with one attached hydrogen (secondary N) is 1. The van der Waals surface area contributed by atoms with Crippen molar-refractivity contribution in [2.45, 2.75) is 0 Å². The fourth-order valence-corrected chi connectivity index (χ4v) is 2.70. The fourth-order valence-electron chi connectivity index (χ4n) is 2.70. The molecule has 0 unspecified atom stereocenters. The van der Waals surface area contributed by atoms with E-state index in [0.717, 1.165) is 28.1 Å². The van der Waals surface area contributed by atoms with Crippen LogP contribution in [-0.2, 0) is 0 Å². The van der Waals surface area contributed by atoms with Gasteiger partial charge in [0, 0.05) is 29.2 Å². The van der Waals surface area contributed by atoms with Crippen LogP contribution in [-0.4, -0.2) is 26.2 Å². The molecular formula is C18H15N7. The average molecular weight is 329 g/mol. The zero-order valence-electron chi connectivity index (χ0n) is 13.2. The Morgan fingerprint density at radius 1 is 0.920 bits per heavy atom. The highest BCUT2D eigenvalue weighted by molar-refractivity contribution is 5.88. The van der Waals surface area contributed by atoms with E-state index < -0.39 is 0 Å². The number of allylic oxidation sites excluding steroid dienone is 2. The lowest BCUT2D eigenvalue weighted by molar-refractivity contribution is 1.09. The molecule has 0 spiro atoms. The number of nitrogen functional groups attached to an aromatic ring is 2. The third-order valence-corrected chi connectivity index (χ3v) is 3.78. The molecule has 3 heterocycles. The van der Waals surface area contributed by atoms with Crippen molar-refractivity contribution in [3.8, 4) is 11.4 Å². The average Bonchev–Trinajstić information content (AvgIpc) is 3.29. The summed E-state index contributed by atoms with van der Waals surface area (Å²) in [6.07, 6.45) is 7.58. The molecule has 4 rings (SSSR count). The number of anilines is 2. The van der Waals surface area contributed by atoms with Gasteiger partial charge < -0.3 is 16.5 Å². The normalized spacial score (nSPS) is 14.9. The molecule has 0 saturated carbocycles. The van der Waals surface area contributed by atoms with Crippen molar-refractivity contribution in [2.24, 2.45) is 4.99 Å². The van der Waals surface area contributed by atoms with Crippen LogP contribution < -0.4 is 11.5 Å². The first-order valence-corrected chi connectivity index (χ1v) is 7.67. The highest BCUT2D eigenvalue weighted by Crippen LogP contribution is 2.29. The summed E-state index contributed by atoms with van der Waals surface area (Å²) in [4.78, 5) is 19.7. The monoisotopic (exact) mass is 329 g/mol.